The molecule has 0 bridgehead atoms. The molecule has 0 unspecified atom stereocenters. The summed E-state index contributed by atoms with van der Waals surface area (Å²) < 4.78 is 11.0. The lowest BCUT2D eigenvalue weighted by atomic mass is 10.1. The van der Waals surface area contributed by atoms with Crippen molar-refractivity contribution in [3.63, 3.8) is 0 Å². The van der Waals surface area contributed by atoms with Crippen LogP contribution >= 0.6 is 23.4 Å². The van der Waals surface area contributed by atoms with Crippen molar-refractivity contribution in [2.24, 2.45) is 0 Å². The molecule has 3 N–H and O–H groups in total. The quantitative estimate of drug-likeness (QED) is 0.213. The molecular formula is C30H36ClN3O5S. The van der Waals surface area contributed by atoms with Gasteiger partial charge in [0, 0.05) is 54.8 Å². The summed E-state index contributed by atoms with van der Waals surface area (Å²) in [5.41, 5.74) is 2.62. The van der Waals surface area contributed by atoms with Crippen molar-refractivity contribution >= 4 is 40.7 Å². The van der Waals surface area contributed by atoms with E-state index in [1.807, 2.05) is 36.4 Å². The van der Waals surface area contributed by atoms with Crippen molar-refractivity contribution in [1.29, 1.82) is 0 Å². The molecule has 10 heteroatoms. The standard InChI is InChI=1S/C30H36ClN3O5S/c1-38-25-7-4-3-6-24(25)34-18-16-33(17-19-34)15-5-14-32-23-11-10-22(31)20-27(23)40-30-26(39-2)12-8-21(29(30)37)9-13-28(35)36/h3-4,6-8,10-12,20,32,37H,5,9,13-19H2,1-2H3,(H,35,36). The number of carboxylic acid groups (broad SMARTS) is 1. The average Bonchev–Trinajstić information content (AvgIpc) is 2.96. The molecule has 0 aliphatic carbocycles. The second-order valence-corrected chi connectivity index (χ2v) is 11.0. The van der Waals surface area contributed by atoms with Crippen molar-refractivity contribution in [2.75, 3.05) is 63.7 Å². The molecule has 40 heavy (non-hydrogen) atoms. The number of phenolic OH excluding ortho intramolecular Hbond substituents is 1. The summed E-state index contributed by atoms with van der Waals surface area (Å²) in [7, 11) is 3.26. The first-order valence-electron chi connectivity index (χ1n) is 13.3. The van der Waals surface area contributed by atoms with Gasteiger partial charge in [0.15, 0.2) is 0 Å². The van der Waals surface area contributed by atoms with Gasteiger partial charge in [-0.25, -0.2) is 0 Å². The Hall–Kier alpha value is -3.27. The number of aliphatic carboxylic acids is 1. The van der Waals surface area contributed by atoms with E-state index >= 15 is 0 Å². The zero-order chi connectivity index (χ0) is 28.5. The van der Waals surface area contributed by atoms with Crippen LogP contribution in [-0.2, 0) is 11.2 Å². The minimum absolute atomic E-state index is 0.0313. The van der Waals surface area contributed by atoms with Crippen LogP contribution in [0.1, 0.15) is 18.4 Å². The number of anilines is 2. The third-order valence-electron chi connectivity index (χ3n) is 6.93. The lowest BCUT2D eigenvalue weighted by Crippen LogP contribution is -2.46. The predicted molar refractivity (Wildman–Crippen MR) is 161 cm³/mol. The minimum atomic E-state index is -0.913. The van der Waals surface area contributed by atoms with Gasteiger partial charge in [0.2, 0.25) is 0 Å². The Morgan fingerprint density at radius 1 is 1.02 bits per heavy atom. The van der Waals surface area contributed by atoms with Gasteiger partial charge in [0.05, 0.1) is 24.8 Å². The van der Waals surface area contributed by atoms with E-state index in [2.05, 4.69) is 21.2 Å². The second kappa shape index (κ2) is 14.4. The summed E-state index contributed by atoms with van der Waals surface area (Å²) in [5.74, 6) is 0.544. The monoisotopic (exact) mass is 585 g/mol. The summed E-state index contributed by atoms with van der Waals surface area (Å²) in [5, 5.41) is 24.1. The predicted octanol–water partition coefficient (Wildman–Crippen LogP) is 5.86. The first-order chi connectivity index (χ1) is 19.4. The minimum Gasteiger partial charge on any atom is -0.506 e. The van der Waals surface area contributed by atoms with Gasteiger partial charge in [0.25, 0.3) is 0 Å². The van der Waals surface area contributed by atoms with Crippen LogP contribution in [0.15, 0.2) is 64.4 Å². The molecule has 3 aromatic rings. The van der Waals surface area contributed by atoms with Gasteiger partial charge in [-0.2, -0.15) is 0 Å². The van der Waals surface area contributed by atoms with E-state index in [4.69, 9.17) is 26.2 Å². The number of ether oxygens (including phenoxy) is 2. The number of carbonyl (C=O) groups is 1. The Morgan fingerprint density at radius 3 is 2.50 bits per heavy atom. The molecule has 4 rings (SSSR count). The maximum absolute atomic E-state index is 11.0. The van der Waals surface area contributed by atoms with Crippen molar-refractivity contribution < 1.29 is 24.5 Å². The third-order valence-corrected chi connectivity index (χ3v) is 8.32. The number of para-hydroxylation sites is 2. The molecule has 1 heterocycles. The van der Waals surface area contributed by atoms with Crippen LogP contribution in [0.3, 0.4) is 0 Å². The highest BCUT2D eigenvalue weighted by atomic mass is 35.5. The molecular weight excluding hydrogens is 550 g/mol. The number of carboxylic acids is 1. The number of piperazine rings is 1. The number of methoxy groups -OCH3 is 2. The van der Waals surface area contributed by atoms with E-state index in [9.17, 15) is 9.90 Å². The number of nitrogens with zero attached hydrogens (tertiary/aromatic N) is 2. The molecule has 0 aromatic heterocycles. The fourth-order valence-electron chi connectivity index (χ4n) is 4.76. The molecule has 8 nitrogen and oxygen atoms in total. The SMILES string of the molecule is COc1ccccc1N1CCN(CCCNc2ccc(Cl)cc2Sc2c(OC)ccc(CCC(=O)O)c2O)CC1. The van der Waals surface area contributed by atoms with Crippen LogP contribution < -0.4 is 19.7 Å². The van der Waals surface area contributed by atoms with Gasteiger partial charge in [-0.3, -0.25) is 9.69 Å². The normalized spacial score (nSPS) is 13.7. The number of rotatable bonds is 13. The molecule has 1 aliphatic rings. The Kier molecular flexibility index (Phi) is 10.7. The molecule has 0 amide bonds. The van der Waals surface area contributed by atoms with Gasteiger partial charge in [-0.15, -0.1) is 0 Å². The van der Waals surface area contributed by atoms with Crippen molar-refractivity contribution in [3.05, 3.63) is 65.2 Å². The van der Waals surface area contributed by atoms with Crippen LogP contribution in [-0.4, -0.2) is 74.6 Å². The number of phenols is 1. The number of hydrogen-bond donors (Lipinski definition) is 3. The fraction of sp³-hybridized carbons (Fsp3) is 0.367. The summed E-state index contributed by atoms with van der Waals surface area (Å²) in [4.78, 5) is 17.3. The molecule has 1 aliphatic heterocycles. The van der Waals surface area contributed by atoms with Crippen LogP contribution in [0.5, 0.6) is 17.2 Å². The lowest BCUT2D eigenvalue weighted by molar-refractivity contribution is -0.136. The Morgan fingerprint density at radius 2 is 1.77 bits per heavy atom. The maximum Gasteiger partial charge on any atom is 0.303 e. The van der Waals surface area contributed by atoms with Crippen LogP contribution in [0.25, 0.3) is 0 Å². The molecule has 1 saturated heterocycles. The van der Waals surface area contributed by atoms with E-state index in [-0.39, 0.29) is 18.6 Å². The third kappa shape index (κ3) is 7.68. The highest BCUT2D eigenvalue weighted by Crippen LogP contribution is 2.46. The Labute approximate surface area is 244 Å². The molecule has 3 aromatic carbocycles. The number of hydrogen-bond acceptors (Lipinski definition) is 8. The van der Waals surface area contributed by atoms with Crippen molar-refractivity contribution in [2.45, 2.75) is 29.1 Å². The summed E-state index contributed by atoms with van der Waals surface area (Å²) in [6, 6.07) is 17.3. The highest BCUT2D eigenvalue weighted by Gasteiger charge is 2.20. The average molecular weight is 586 g/mol. The zero-order valence-electron chi connectivity index (χ0n) is 22.9. The summed E-state index contributed by atoms with van der Waals surface area (Å²) in [6.45, 7) is 5.69. The van der Waals surface area contributed by atoms with E-state index in [0.29, 0.717) is 21.2 Å². The first-order valence-corrected chi connectivity index (χ1v) is 14.5. The number of aryl methyl sites for hydroxylation is 1. The largest absolute Gasteiger partial charge is 0.506 e. The Balaban J connectivity index is 1.34. The van der Waals surface area contributed by atoms with Gasteiger partial charge in [-0.05, 0) is 61.3 Å². The number of nitrogens with one attached hydrogen (secondary N) is 1. The first kappa shape index (κ1) is 29.7. The van der Waals surface area contributed by atoms with E-state index in [1.165, 1.54) is 11.8 Å². The van der Waals surface area contributed by atoms with Gasteiger partial charge in [-0.1, -0.05) is 41.6 Å². The zero-order valence-corrected chi connectivity index (χ0v) is 24.4. The van der Waals surface area contributed by atoms with Crippen molar-refractivity contribution in [3.8, 4) is 17.2 Å². The Bertz CT molecular complexity index is 1300. The van der Waals surface area contributed by atoms with E-state index in [0.717, 1.165) is 67.7 Å². The van der Waals surface area contributed by atoms with Gasteiger partial charge >= 0.3 is 5.97 Å². The van der Waals surface area contributed by atoms with Crippen LogP contribution in [0.2, 0.25) is 5.02 Å². The fourth-order valence-corrected chi connectivity index (χ4v) is 6.13. The topological polar surface area (TPSA) is 94.5 Å². The van der Waals surface area contributed by atoms with E-state index in [1.54, 1.807) is 26.4 Å². The molecule has 0 saturated carbocycles. The van der Waals surface area contributed by atoms with Crippen molar-refractivity contribution in [1.82, 2.24) is 4.90 Å². The van der Waals surface area contributed by atoms with Crippen LogP contribution in [0.4, 0.5) is 11.4 Å². The number of benzene rings is 3. The summed E-state index contributed by atoms with van der Waals surface area (Å²) in [6.07, 6.45) is 1.14. The highest BCUT2D eigenvalue weighted by molar-refractivity contribution is 7.99. The maximum atomic E-state index is 11.0. The number of aromatic hydroxyl groups is 1. The summed E-state index contributed by atoms with van der Waals surface area (Å²) >= 11 is 7.68. The van der Waals surface area contributed by atoms with Crippen LogP contribution in [0, 0.1) is 0 Å². The van der Waals surface area contributed by atoms with Gasteiger partial charge < -0.3 is 29.9 Å². The molecule has 1 fully saturated rings. The lowest BCUT2D eigenvalue weighted by Gasteiger charge is -2.36. The number of halogens is 1. The molecule has 0 spiro atoms. The van der Waals surface area contributed by atoms with Gasteiger partial charge in [0.1, 0.15) is 17.2 Å². The smallest absolute Gasteiger partial charge is 0.303 e. The second-order valence-electron chi connectivity index (χ2n) is 9.52. The molecule has 214 valence electrons. The molecule has 0 atom stereocenters. The molecule has 0 radical (unpaired) electrons. The van der Waals surface area contributed by atoms with E-state index < -0.39 is 5.97 Å².